The molecule has 8 heteroatoms. The number of aryl methyl sites for hydroxylation is 1. The molecular weight excluding hydrogens is 284 g/mol. The van der Waals surface area contributed by atoms with Crippen molar-refractivity contribution < 1.29 is 4.92 Å². The molecule has 0 aliphatic carbocycles. The van der Waals surface area contributed by atoms with Gasteiger partial charge in [0, 0.05) is 29.7 Å². The van der Waals surface area contributed by atoms with E-state index in [1.54, 1.807) is 4.68 Å². The predicted molar refractivity (Wildman–Crippen MR) is 79.8 cm³/mol. The average molecular weight is 296 g/mol. The zero-order valence-electron chi connectivity index (χ0n) is 11.7. The Morgan fingerprint density at radius 3 is 3.00 bits per heavy atom. The number of allylic oxidation sites excluding steroid dienone is 1. The van der Waals surface area contributed by atoms with Gasteiger partial charge < -0.3 is 9.88 Å². The number of aromatic nitrogens is 4. The lowest BCUT2D eigenvalue weighted by molar-refractivity contribution is -0.431. The molecule has 1 aromatic carbocycles. The predicted octanol–water partition coefficient (Wildman–Crippen LogP) is 1.90. The molecule has 0 saturated heterocycles. The van der Waals surface area contributed by atoms with E-state index in [-0.39, 0.29) is 10.6 Å². The number of hydrogen-bond acceptors (Lipinski definition) is 5. The number of nitrogens with zero attached hydrogens (tertiary/aromatic N) is 5. The van der Waals surface area contributed by atoms with Crippen molar-refractivity contribution in [2.45, 2.75) is 6.04 Å². The van der Waals surface area contributed by atoms with Gasteiger partial charge in [-0.05, 0) is 6.07 Å². The number of fused-ring (bicyclic) bond motifs is 2. The molecule has 3 aromatic rings. The van der Waals surface area contributed by atoms with Gasteiger partial charge >= 0.3 is 0 Å². The van der Waals surface area contributed by atoms with Gasteiger partial charge in [0.25, 0.3) is 5.70 Å². The Balaban J connectivity index is 2.00. The summed E-state index contributed by atoms with van der Waals surface area (Å²) in [4.78, 5) is 15.1. The zero-order chi connectivity index (χ0) is 15.3. The first-order valence-corrected chi connectivity index (χ1v) is 6.71. The summed E-state index contributed by atoms with van der Waals surface area (Å²) in [6.45, 7) is 0. The van der Waals surface area contributed by atoms with E-state index >= 15 is 0 Å². The van der Waals surface area contributed by atoms with E-state index in [4.69, 9.17) is 0 Å². The van der Waals surface area contributed by atoms with Crippen LogP contribution in [0.4, 0.5) is 5.95 Å². The number of rotatable bonds is 2. The summed E-state index contributed by atoms with van der Waals surface area (Å²) >= 11 is 0. The third-order valence-electron chi connectivity index (χ3n) is 3.88. The summed E-state index contributed by atoms with van der Waals surface area (Å²) < 4.78 is 3.50. The first kappa shape index (κ1) is 12.6. The Hall–Kier alpha value is -3.16. The molecule has 0 saturated carbocycles. The molecule has 3 heterocycles. The highest BCUT2D eigenvalue weighted by atomic mass is 16.6. The van der Waals surface area contributed by atoms with Crippen molar-refractivity contribution in [1.82, 2.24) is 19.3 Å². The van der Waals surface area contributed by atoms with E-state index in [1.807, 2.05) is 42.1 Å². The van der Waals surface area contributed by atoms with Gasteiger partial charge in [-0.1, -0.05) is 18.2 Å². The highest BCUT2D eigenvalue weighted by Gasteiger charge is 2.36. The Kier molecular flexibility index (Phi) is 2.52. The fourth-order valence-corrected chi connectivity index (χ4v) is 2.92. The maximum absolute atomic E-state index is 11.4. The van der Waals surface area contributed by atoms with Gasteiger partial charge in [0.1, 0.15) is 6.33 Å². The van der Waals surface area contributed by atoms with Gasteiger partial charge in [0.05, 0.1) is 11.1 Å². The van der Waals surface area contributed by atoms with Crippen LogP contribution < -0.4 is 5.32 Å². The maximum Gasteiger partial charge on any atom is 0.291 e. The molecular formula is C14H12N6O2. The molecule has 1 unspecified atom stereocenters. The van der Waals surface area contributed by atoms with Crippen LogP contribution in [0.25, 0.3) is 10.9 Å². The van der Waals surface area contributed by atoms with E-state index in [0.29, 0.717) is 5.95 Å². The van der Waals surface area contributed by atoms with Crippen LogP contribution in [0, 0.1) is 10.1 Å². The molecule has 1 N–H and O–H groups in total. The molecule has 1 aliphatic rings. The lowest BCUT2D eigenvalue weighted by atomic mass is 10.0. The fraction of sp³-hybridized carbons (Fsp3) is 0.143. The van der Waals surface area contributed by atoms with Gasteiger partial charge in [0.2, 0.25) is 5.95 Å². The third kappa shape index (κ3) is 1.63. The van der Waals surface area contributed by atoms with E-state index in [9.17, 15) is 10.1 Å². The Morgan fingerprint density at radius 2 is 2.18 bits per heavy atom. The molecule has 22 heavy (non-hydrogen) atoms. The van der Waals surface area contributed by atoms with Crippen LogP contribution in [0.3, 0.4) is 0 Å². The van der Waals surface area contributed by atoms with Gasteiger partial charge in [0.15, 0.2) is 6.04 Å². The van der Waals surface area contributed by atoms with Gasteiger partial charge in [-0.25, -0.2) is 4.68 Å². The minimum Gasteiger partial charge on any atom is -0.350 e. The molecule has 0 bridgehead atoms. The van der Waals surface area contributed by atoms with Gasteiger partial charge in [-0.15, -0.1) is 0 Å². The summed E-state index contributed by atoms with van der Waals surface area (Å²) in [5.74, 6) is 0.489. The maximum atomic E-state index is 11.4. The second-order valence-electron chi connectivity index (χ2n) is 5.11. The zero-order valence-corrected chi connectivity index (χ0v) is 11.7. The molecule has 1 aliphatic heterocycles. The minimum absolute atomic E-state index is 0.0364. The quantitative estimate of drug-likeness (QED) is 0.576. The molecule has 1 atom stereocenters. The normalized spacial score (nSPS) is 17.0. The highest BCUT2D eigenvalue weighted by molar-refractivity contribution is 5.85. The Morgan fingerprint density at radius 1 is 1.36 bits per heavy atom. The van der Waals surface area contributed by atoms with Crippen molar-refractivity contribution in [1.29, 1.82) is 0 Å². The van der Waals surface area contributed by atoms with Crippen molar-refractivity contribution >= 4 is 16.9 Å². The molecule has 0 fully saturated rings. The van der Waals surface area contributed by atoms with Gasteiger partial charge in [-0.3, -0.25) is 10.1 Å². The molecule has 0 amide bonds. The first-order valence-electron chi connectivity index (χ1n) is 6.71. The van der Waals surface area contributed by atoms with Crippen molar-refractivity contribution in [3.05, 3.63) is 64.4 Å². The highest BCUT2D eigenvalue weighted by Crippen LogP contribution is 2.36. The second-order valence-corrected chi connectivity index (χ2v) is 5.11. The lowest BCUT2D eigenvalue weighted by Gasteiger charge is -2.20. The number of nitro groups is 1. The monoisotopic (exact) mass is 296 g/mol. The van der Waals surface area contributed by atoms with Crippen LogP contribution in [-0.4, -0.2) is 24.3 Å². The van der Waals surface area contributed by atoms with Crippen LogP contribution >= 0.6 is 0 Å². The summed E-state index contributed by atoms with van der Waals surface area (Å²) in [6, 6.07) is 7.20. The van der Waals surface area contributed by atoms with Crippen LogP contribution in [0.5, 0.6) is 0 Å². The largest absolute Gasteiger partial charge is 0.350 e. The van der Waals surface area contributed by atoms with Crippen LogP contribution in [0.15, 0.2) is 48.7 Å². The molecule has 8 nitrogen and oxygen atoms in total. The van der Waals surface area contributed by atoms with Crippen LogP contribution in [0.2, 0.25) is 0 Å². The molecule has 0 radical (unpaired) electrons. The SMILES string of the molecule is Cn1cc(C2C([N+](=O)[O-])=CNc3ncnn32)c2ccccc21. The molecule has 110 valence electrons. The van der Waals surface area contributed by atoms with Crippen molar-refractivity contribution in [2.75, 3.05) is 5.32 Å². The van der Waals surface area contributed by atoms with Crippen molar-refractivity contribution in [2.24, 2.45) is 7.05 Å². The molecule has 4 rings (SSSR count). The summed E-state index contributed by atoms with van der Waals surface area (Å²) in [7, 11) is 1.92. The number of para-hydroxylation sites is 1. The number of hydrogen-bond donors (Lipinski definition) is 1. The minimum atomic E-state index is -0.611. The lowest BCUT2D eigenvalue weighted by Crippen LogP contribution is -2.25. The standard InChI is InChI=1S/C14H12N6O2/c1-18-7-10(9-4-2-3-5-11(9)18)13-12(20(21)22)6-15-14-16-8-17-19(13)14/h2-8,13H,1H3,(H,15,16,17). The van der Waals surface area contributed by atoms with E-state index in [2.05, 4.69) is 15.4 Å². The summed E-state index contributed by atoms with van der Waals surface area (Å²) in [5.41, 5.74) is 1.88. The first-order chi connectivity index (χ1) is 10.7. The number of nitrogens with one attached hydrogen (secondary N) is 1. The fourth-order valence-electron chi connectivity index (χ4n) is 2.92. The third-order valence-corrected chi connectivity index (χ3v) is 3.88. The van der Waals surface area contributed by atoms with E-state index in [1.165, 1.54) is 12.5 Å². The number of benzene rings is 1. The van der Waals surface area contributed by atoms with Crippen LogP contribution in [0.1, 0.15) is 11.6 Å². The Labute approximate surface area is 124 Å². The molecule has 2 aromatic heterocycles. The van der Waals surface area contributed by atoms with Crippen LogP contribution in [-0.2, 0) is 7.05 Å². The summed E-state index contributed by atoms with van der Waals surface area (Å²) in [6.07, 6.45) is 4.68. The van der Waals surface area contributed by atoms with E-state index < -0.39 is 6.04 Å². The van der Waals surface area contributed by atoms with E-state index in [0.717, 1.165) is 16.5 Å². The number of anilines is 1. The van der Waals surface area contributed by atoms with Gasteiger partial charge in [-0.2, -0.15) is 10.1 Å². The topological polar surface area (TPSA) is 90.8 Å². The van der Waals surface area contributed by atoms with Crippen molar-refractivity contribution in [3.63, 3.8) is 0 Å². The average Bonchev–Trinajstić information content (AvgIpc) is 3.11. The second kappa shape index (κ2) is 4.42. The summed E-state index contributed by atoms with van der Waals surface area (Å²) in [5, 5.41) is 19.4. The molecule has 0 spiro atoms. The Bertz CT molecular complexity index is 922. The van der Waals surface area contributed by atoms with Crippen molar-refractivity contribution in [3.8, 4) is 0 Å². The smallest absolute Gasteiger partial charge is 0.291 e.